The van der Waals surface area contributed by atoms with Gasteiger partial charge in [0, 0.05) is 36.5 Å². The third-order valence-corrected chi connectivity index (χ3v) is 3.76. The van der Waals surface area contributed by atoms with Crippen LogP contribution in [0.25, 0.3) is 10.9 Å². The smallest absolute Gasteiger partial charge is 0.309 e. The maximum absolute atomic E-state index is 11.0. The number of carboxylic acids is 1. The standard InChI is InChI=1S/C19H19N3O2/c1-22(2)15-9-7-13(8-10-15)20-18-11-14(12-19(23)24)21-17-6-4-3-5-16(17)18/h3-11H,12H2,1-2H3,(H,20,21)(H,23,24). The van der Waals surface area contributed by atoms with Crippen molar-refractivity contribution in [1.82, 2.24) is 4.98 Å². The first-order valence-corrected chi connectivity index (χ1v) is 7.68. The van der Waals surface area contributed by atoms with E-state index in [2.05, 4.69) is 10.3 Å². The fraction of sp³-hybridized carbons (Fsp3) is 0.158. The van der Waals surface area contributed by atoms with Crippen molar-refractivity contribution in [2.45, 2.75) is 6.42 Å². The zero-order chi connectivity index (χ0) is 17.1. The number of nitrogens with one attached hydrogen (secondary N) is 1. The highest BCUT2D eigenvalue weighted by atomic mass is 16.4. The Morgan fingerprint density at radius 2 is 1.83 bits per heavy atom. The quantitative estimate of drug-likeness (QED) is 0.750. The molecule has 5 heteroatoms. The highest BCUT2D eigenvalue weighted by molar-refractivity contribution is 5.93. The Balaban J connectivity index is 1.99. The highest BCUT2D eigenvalue weighted by Crippen LogP contribution is 2.27. The molecule has 0 bridgehead atoms. The van der Waals surface area contributed by atoms with Gasteiger partial charge in [0.15, 0.2) is 0 Å². The number of pyridine rings is 1. The lowest BCUT2D eigenvalue weighted by molar-refractivity contribution is -0.136. The molecule has 0 saturated heterocycles. The maximum atomic E-state index is 11.0. The van der Waals surface area contributed by atoms with Crippen molar-refractivity contribution >= 4 is 33.9 Å². The number of aromatic nitrogens is 1. The highest BCUT2D eigenvalue weighted by Gasteiger charge is 2.09. The molecule has 24 heavy (non-hydrogen) atoms. The number of hydrogen-bond acceptors (Lipinski definition) is 4. The van der Waals surface area contributed by atoms with Gasteiger partial charge < -0.3 is 15.3 Å². The number of nitrogens with zero attached hydrogens (tertiary/aromatic N) is 2. The molecule has 0 aliphatic rings. The van der Waals surface area contributed by atoms with Crippen molar-refractivity contribution in [2.75, 3.05) is 24.3 Å². The normalized spacial score (nSPS) is 10.6. The monoisotopic (exact) mass is 321 g/mol. The molecule has 1 heterocycles. The van der Waals surface area contributed by atoms with Gasteiger partial charge in [-0.3, -0.25) is 9.78 Å². The molecule has 0 aliphatic carbocycles. The molecule has 0 radical (unpaired) electrons. The molecule has 5 nitrogen and oxygen atoms in total. The summed E-state index contributed by atoms with van der Waals surface area (Å²) in [5.41, 5.74) is 4.23. The van der Waals surface area contributed by atoms with Gasteiger partial charge in [0.2, 0.25) is 0 Å². The molecule has 0 fully saturated rings. The predicted octanol–water partition coefficient (Wildman–Crippen LogP) is 3.67. The first kappa shape index (κ1) is 15.8. The van der Waals surface area contributed by atoms with Crippen molar-refractivity contribution in [3.8, 4) is 0 Å². The summed E-state index contributed by atoms with van der Waals surface area (Å²) in [5.74, 6) is -0.890. The van der Waals surface area contributed by atoms with Crippen molar-refractivity contribution in [1.29, 1.82) is 0 Å². The third kappa shape index (κ3) is 3.46. The van der Waals surface area contributed by atoms with E-state index in [-0.39, 0.29) is 6.42 Å². The van der Waals surface area contributed by atoms with Crippen LogP contribution in [0.3, 0.4) is 0 Å². The van der Waals surface area contributed by atoms with E-state index in [4.69, 9.17) is 5.11 Å². The fourth-order valence-corrected chi connectivity index (χ4v) is 2.58. The van der Waals surface area contributed by atoms with Gasteiger partial charge in [-0.25, -0.2) is 0 Å². The molecule has 2 N–H and O–H groups in total. The van der Waals surface area contributed by atoms with Crippen LogP contribution in [0, 0.1) is 0 Å². The lowest BCUT2D eigenvalue weighted by Gasteiger charge is -2.15. The summed E-state index contributed by atoms with van der Waals surface area (Å²) in [4.78, 5) is 17.5. The number of fused-ring (bicyclic) bond motifs is 1. The van der Waals surface area contributed by atoms with Crippen LogP contribution in [0.5, 0.6) is 0 Å². The van der Waals surface area contributed by atoms with Crippen molar-refractivity contribution in [3.63, 3.8) is 0 Å². The lowest BCUT2D eigenvalue weighted by atomic mass is 10.1. The zero-order valence-corrected chi connectivity index (χ0v) is 13.7. The first-order valence-electron chi connectivity index (χ1n) is 7.68. The van der Waals surface area contributed by atoms with Crippen LogP contribution in [-0.4, -0.2) is 30.2 Å². The minimum absolute atomic E-state index is 0.0981. The molecule has 0 aliphatic heterocycles. The number of aliphatic carboxylic acids is 1. The van der Waals surface area contributed by atoms with Crippen LogP contribution in [-0.2, 0) is 11.2 Å². The van der Waals surface area contributed by atoms with Crippen LogP contribution in [0.1, 0.15) is 5.69 Å². The summed E-state index contributed by atoms with van der Waals surface area (Å²) in [6, 6.07) is 17.6. The van der Waals surface area contributed by atoms with E-state index in [1.54, 1.807) is 6.07 Å². The maximum Gasteiger partial charge on any atom is 0.309 e. The average Bonchev–Trinajstić information content (AvgIpc) is 2.55. The summed E-state index contributed by atoms with van der Waals surface area (Å²) >= 11 is 0. The molecule has 3 aromatic rings. The van der Waals surface area contributed by atoms with E-state index < -0.39 is 5.97 Å². The number of anilines is 3. The van der Waals surface area contributed by atoms with E-state index in [1.165, 1.54) is 0 Å². The molecule has 3 rings (SSSR count). The van der Waals surface area contributed by atoms with Crippen molar-refractivity contribution in [3.05, 3.63) is 60.3 Å². The molecular weight excluding hydrogens is 302 g/mol. The molecule has 0 unspecified atom stereocenters. The predicted molar refractivity (Wildman–Crippen MR) is 97.1 cm³/mol. The summed E-state index contributed by atoms with van der Waals surface area (Å²) in [6.07, 6.45) is -0.0981. The van der Waals surface area contributed by atoms with Crippen molar-refractivity contribution in [2.24, 2.45) is 0 Å². The van der Waals surface area contributed by atoms with Gasteiger partial charge in [0.25, 0.3) is 0 Å². The number of benzene rings is 2. The fourth-order valence-electron chi connectivity index (χ4n) is 2.58. The SMILES string of the molecule is CN(C)c1ccc(Nc2cc(CC(=O)O)nc3ccccc23)cc1. The first-order chi connectivity index (χ1) is 11.5. The Morgan fingerprint density at radius 1 is 1.12 bits per heavy atom. The van der Waals surface area contributed by atoms with Gasteiger partial charge in [-0.05, 0) is 36.4 Å². The van der Waals surface area contributed by atoms with E-state index in [1.807, 2.05) is 67.5 Å². The van der Waals surface area contributed by atoms with E-state index in [0.717, 1.165) is 28.0 Å². The van der Waals surface area contributed by atoms with Gasteiger partial charge >= 0.3 is 5.97 Å². The Bertz CT molecular complexity index is 873. The second-order valence-electron chi connectivity index (χ2n) is 5.82. The Labute approximate surface area is 140 Å². The van der Waals surface area contributed by atoms with Crippen LogP contribution in [0.4, 0.5) is 17.1 Å². The molecule has 122 valence electrons. The average molecular weight is 321 g/mol. The minimum atomic E-state index is -0.890. The minimum Gasteiger partial charge on any atom is -0.481 e. The number of hydrogen-bond donors (Lipinski definition) is 2. The number of carboxylic acid groups (broad SMARTS) is 1. The molecule has 0 atom stereocenters. The molecule has 0 saturated carbocycles. The molecule has 0 spiro atoms. The molecular formula is C19H19N3O2. The van der Waals surface area contributed by atoms with E-state index >= 15 is 0 Å². The third-order valence-electron chi connectivity index (χ3n) is 3.76. The van der Waals surface area contributed by atoms with E-state index in [0.29, 0.717) is 5.69 Å². The van der Waals surface area contributed by atoms with Gasteiger partial charge in [-0.1, -0.05) is 18.2 Å². The molecule has 1 aromatic heterocycles. The number of para-hydroxylation sites is 1. The van der Waals surface area contributed by atoms with Crippen LogP contribution < -0.4 is 10.2 Å². The number of rotatable bonds is 5. The number of carbonyl (C=O) groups is 1. The summed E-state index contributed by atoms with van der Waals surface area (Å²) in [6.45, 7) is 0. The second-order valence-corrected chi connectivity index (χ2v) is 5.82. The van der Waals surface area contributed by atoms with Crippen molar-refractivity contribution < 1.29 is 9.90 Å². The Hall–Kier alpha value is -3.08. The topological polar surface area (TPSA) is 65.5 Å². The van der Waals surface area contributed by atoms with Gasteiger partial charge in [0.05, 0.1) is 17.6 Å². The largest absolute Gasteiger partial charge is 0.481 e. The summed E-state index contributed by atoms with van der Waals surface area (Å²) in [5, 5.41) is 13.4. The molecule has 2 aromatic carbocycles. The van der Waals surface area contributed by atoms with Crippen LogP contribution in [0.15, 0.2) is 54.6 Å². The molecule has 0 amide bonds. The summed E-state index contributed by atoms with van der Waals surface area (Å²) < 4.78 is 0. The van der Waals surface area contributed by atoms with Gasteiger partial charge in [-0.2, -0.15) is 0 Å². The van der Waals surface area contributed by atoms with Crippen LogP contribution in [0.2, 0.25) is 0 Å². The van der Waals surface area contributed by atoms with Crippen LogP contribution >= 0.6 is 0 Å². The van der Waals surface area contributed by atoms with E-state index in [9.17, 15) is 4.79 Å². The Kier molecular flexibility index (Phi) is 4.33. The zero-order valence-electron chi connectivity index (χ0n) is 13.7. The second kappa shape index (κ2) is 6.58. The Morgan fingerprint density at radius 3 is 2.50 bits per heavy atom. The van der Waals surface area contributed by atoms with Gasteiger partial charge in [-0.15, -0.1) is 0 Å². The summed E-state index contributed by atoms with van der Waals surface area (Å²) in [7, 11) is 3.99. The lowest BCUT2D eigenvalue weighted by Crippen LogP contribution is -2.08. The van der Waals surface area contributed by atoms with Gasteiger partial charge in [0.1, 0.15) is 0 Å².